The van der Waals surface area contributed by atoms with Crippen LogP contribution in [-0.2, 0) is 0 Å². The maximum Gasteiger partial charge on any atom is 0.283 e. The third-order valence-corrected chi connectivity index (χ3v) is 4.32. The van der Waals surface area contributed by atoms with E-state index in [0.717, 1.165) is 4.68 Å². The van der Waals surface area contributed by atoms with E-state index in [9.17, 15) is 9.59 Å². The summed E-state index contributed by atoms with van der Waals surface area (Å²) >= 11 is 11.9. The Balaban J connectivity index is 1.71. The molecule has 0 saturated carbocycles. The second-order valence-corrected chi connectivity index (χ2v) is 6.52. The first-order valence-electron chi connectivity index (χ1n) is 7.81. The molecule has 4 rings (SSSR count). The van der Waals surface area contributed by atoms with E-state index in [1.54, 1.807) is 42.5 Å². The lowest BCUT2D eigenvalue weighted by atomic mass is 10.2. The van der Waals surface area contributed by atoms with E-state index < -0.39 is 11.5 Å². The molecule has 27 heavy (non-hydrogen) atoms. The number of aromatic nitrogens is 4. The molecule has 0 fully saturated rings. The van der Waals surface area contributed by atoms with E-state index in [2.05, 4.69) is 15.5 Å². The van der Waals surface area contributed by atoms with Gasteiger partial charge in [-0.2, -0.15) is 5.10 Å². The number of carbonyl (C=O) groups is 1. The summed E-state index contributed by atoms with van der Waals surface area (Å²) in [5.41, 5.74) is 3.39. The molecule has 0 aliphatic carbocycles. The SMILES string of the molecule is O=C(Nn1cnc2c(cnn2-c2cccc(Cl)c2)c1=O)c1cccc(Cl)c1. The van der Waals surface area contributed by atoms with Gasteiger partial charge in [0.2, 0.25) is 0 Å². The lowest BCUT2D eigenvalue weighted by Gasteiger charge is -2.08. The van der Waals surface area contributed by atoms with Gasteiger partial charge in [-0.3, -0.25) is 15.0 Å². The standard InChI is InChI=1S/C18H11Cl2N5O2/c19-12-4-1-3-11(7-12)17(26)23-24-10-21-16-15(18(24)27)9-22-25(16)14-6-2-5-13(20)8-14/h1-10H,(H,23,26). The molecule has 0 aliphatic rings. The summed E-state index contributed by atoms with van der Waals surface area (Å²) in [6.07, 6.45) is 2.63. The van der Waals surface area contributed by atoms with Crippen molar-refractivity contribution in [2.45, 2.75) is 0 Å². The predicted octanol–water partition coefficient (Wildman–Crippen LogP) is 3.27. The first-order chi connectivity index (χ1) is 13.0. The van der Waals surface area contributed by atoms with Gasteiger partial charge in [0.05, 0.1) is 11.9 Å². The van der Waals surface area contributed by atoms with E-state index in [0.29, 0.717) is 26.9 Å². The number of rotatable bonds is 3. The highest BCUT2D eigenvalue weighted by molar-refractivity contribution is 6.31. The molecule has 0 spiro atoms. The molecule has 2 aromatic carbocycles. The van der Waals surface area contributed by atoms with Crippen molar-refractivity contribution in [3.05, 3.63) is 87.0 Å². The summed E-state index contributed by atoms with van der Waals surface area (Å²) in [6.45, 7) is 0. The van der Waals surface area contributed by atoms with Crippen molar-refractivity contribution < 1.29 is 4.79 Å². The number of nitrogens with one attached hydrogen (secondary N) is 1. The molecule has 9 heteroatoms. The molecule has 134 valence electrons. The van der Waals surface area contributed by atoms with Gasteiger partial charge in [-0.25, -0.2) is 14.3 Å². The highest BCUT2D eigenvalue weighted by atomic mass is 35.5. The van der Waals surface area contributed by atoms with Crippen LogP contribution in [0.5, 0.6) is 0 Å². The average Bonchev–Trinajstić information content (AvgIpc) is 3.09. The number of benzene rings is 2. The maximum absolute atomic E-state index is 12.7. The van der Waals surface area contributed by atoms with Gasteiger partial charge in [0.25, 0.3) is 11.5 Å². The van der Waals surface area contributed by atoms with Gasteiger partial charge in [-0.05, 0) is 36.4 Å². The Kier molecular flexibility index (Phi) is 4.39. The van der Waals surface area contributed by atoms with Crippen molar-refractivity contribution in [3.8, 4) is 5.69 Å². The number of amides is 1. The van der Waals surface area contributed by atoms with Crippen LogP contribution in [0, 0.1) is 0 Å². The maximum atomic E-state index is 12.7. The molecule has 0 saturated heterocycles. The number of halogens is 2. The Morgan fingerprint density at radius 3 is 2.52 bits per heavy atom. The number of fused-ring (bicyclic) bond motifs is 1. The molecular formula is C18H11Cl2N5O2. The fourth-order valence-corrected chi connectivity index (χ4v) is 2.97. The zero-order valence-electron chi connectivity index (χ0n) is 13.6. The molecule has 1 amide bonds. The van der Waals surface area contributed by atoms with E-state index in [1.165, 1.54) is 23.3 Å². The third-order valence-electron chi connectivity index (χ3n) is 3.85. The minimum atomic E-state index is -0.483. The number of hydrogen-bond donors (Lipinski definition) is 1. The molecule has 1 N–H and O–H groups in total. The molecule has 0 bridgehead atoms. The molecule has 0 unspecified atom stereocenters. The van der Waals surface area contributed by atoms with Crippen LogP contribution in [0.1, 0.15) is 10.4 Å². The van der Waals surface area contributed by atoms with Crippen molar-refractivity contribution in [2.24, 2.45) is 0 Å². The van der Waals surface area contributed by atoms with Crippen LogP contribution in [0.2, 0.25) is 10.0 Å². The van der Waals surface area contributed by atoms with Crippen LogP contribution in [-0.4, -0.2) is 25.3 Å². The number of carbonyl (C=O) groups excluding carboxylic acids is 1. The molecule has 7 nitrogen and oxygen atoms in total. The van der Waals surface area contributed by atoms with Crippen molar-refractivity contribution in [1.29, 1.82) is 0 Å². The predicted molar refractivity (Wildman–Crippen MR) is 103 cm³/mol. The molecule has 0 radical (unpaired) electrons. The van der Waals surface area contributed by atoms with Crippen molar-refractivity contribution in [1.82, 2.24) is 19.4 Å². The Morgan fingerprint density at radius 1 is 1.04 bits per heavy atom. The summed E-state index contributed by atoms with van der Waals surface area (Å²) in [5.74, 6) is -0.483. The Hall–Kier alpha value is -3.16. The van der Waals surface area contributed by atoms with Gasteiger partial charge in [-0.1, -0.05) is 35.3 Å². The smallest absolute Gasteiger partial charge is 0.267 e. The first kappa shape index (κ1) is 17.3. The summed E-state index contributed by atoms with van der Waals surface area (Å²) in [6, 6.07) is 13.4. The normalized spacial score (nSPS) is 10.9. The first-order valence-corrected chi connectivity index (χ1v) is 8.57. The minimum Gasteiger partial charge on any atom is -0.267 e. The van der Waals surface area contributed by atoms with Crippen LogP contribution in [0.25, 0.3) is 16.7 Å². The van der Waals surface area contributed by atoms with Crippen molar-refractivity contribution in [2.75, 3.05) is 5.43 Å². The Labute approximate surface area is 162 Å². The van der Waals surface area contributed by atoms with Gasteiger partial charge >= 0.3 is 0 Å². The summed E-state index contributed by atoms with van der Waals surface area (Å²) in [5, 5.41) is 5.43. The third kappa shape index (κ3) is 3.30. The van der Waals surface area contributed by atoms with Crippen molar-refractivity contribution in [3.63, 3.8) is 0 Å². The monoisotopic (exact) mass is 399 g/mol. The van der Waals surface area contributed by atoms with Crippen LogP contribution >= 0.6 is 23.2 Å². The fourth-order valence-electron chi connectivity index (χ4n) is 2.59. The van der Waals surface area contributed by atoms with Gasteiger partial charge in [0.15, 0.2) is 5.65 Å². The second kappa shape index (κ2) is 6.86. The molecule has 0 aliphatic heterocycles. The van der Waals surface area contributed by atoms with E-state index in [4.69, 9.17) is 23.2 Å². The Morgan fingerprint density at radius 2 is 1.78 bits per heavy atom. The lowest BCUT2D eigenvalue weighted by Crippen LogP contribution is -2.33. The second-order valence-electron chi connectivity index (χ2n) is 5.64. The van der Waals surface area contributed by atoms with Crippen LogP contribution in [0.15, 0.2) is 65.8 Å². The molecule has 0 atom stereocenters. The topological polar surface area (TPSA) is 81.8 Å². The Bertz CT molecular complexity index is 1230. The van der Waals surface area contributed by atoms with Gasteiger partial charge in [0, 0.05) is 15.6 Å². The highest BCUT2D eigenvalue weighted by Gasteiger charge is 2.14. The molecule has 4 aromatic rings. The molecule has 2 heterocycles. The number of nitrogens with zero attached hydrogens (tertiary/aromatic N) is 4. The van der Waals surface area contributed by atoms with Crippen LogP contribution in [0.3, 0.4) is 0 Å². The van der Waals surface area contributed by atoms with E-state index >= 15 is 0 Å². The van der Waals surface area contributed by atoms with Crippen LogP contribution < -0.4 is 11.0 Å². The van der Waals surface area contributed by atoms with Gasteiger partial charge in [-0.15, -0.1) is 0 Å². The summed E-state index contributed by atoms with van der Waals surface area (Å²) < 4.78 is 2.52. The zero-order chi connectivity index (χ0) is 19.0. The quantitative estimate of drug-likeness (QED) is 0.572. The van der Waals surface area contributed by atoms with Crippen LogP contribution in [0.4, 0.5) is 0 Å². The number of hydrogen-bond acceptors (Lipinski definition) is 4. The highest BCUT2D eigenvalue weighted by Crippen LogP contribution is 2.17. The van der Waals surface area contributed by atoms with Gasteiger partial charge < -0.3 is 0 Å². The van der Waals surface area contributed by atoms with Crippen molar-refractivity contribution >= 4 is 40.1 Å². The average molecular weight is 400 g/mol. The summed E-state index contributed by atoms with van der Waals surface area (Å²) in [4.78, 5) is 29.3. The van der Waals surface area contributed by atoms with E-state index in [-0.39, 0.29) is 5.39 Å². The fraction of sp³-hybridized carbons (Fsp3) is 0. The molecular weight excluding hydrogens is 389 g/mol. The van der Waals surface area contributed by atoms with Gasteiger partial charge in [0.1, 0.15) is 11.7 Å². The largest absolute Gasteiger partial charge is 0.283 e. The lowest BCUT2D eigenvalue weighted by molar-refractivity contribution is 0.101. The minimum absolute atomic E-state index is 0.254. The summed E-state index contributed by atoms with van der Waals surface area (Å²) in [7, 11) is 0. The van der Waals surface area contributed by atoms with E-state index in [1.807, 2.05) is 0 Å². The molecule has 2 aromatic heterocycles. The zero-order valence-corrected chi connectivity index (χ0v) is 15.1.